The standard InChI is InChI=1S/C24H17F2N5O/c1-32-21-12-11-17(13-20(21)26)28-23-19-14-27-31(18-5-3-2-4-6-18)24(19)30-22(29-23)15-7-9-16(25)10-8-15/h2-14H,1H3,(H,28,29,30). The predicted molar refractivity (Wildman–Crippen MR) is 118 cm³/mol. The van der Waals surface area contributed by atoms with Crippen LogP contribution in [0.1, 0.15) is 0 Å². The molecule has 0 unspecified atom stereocenters. The van der Waals surface area contributed by atoms with E-state index in [1.807, 2.05) is 30.3 Å². The van der Waals surface area contributed by atoms with Gasteiger partial charge in [-0.2, -0.15) is 5.10 Å². The molecule has 0 aliphatic carbocycles. The Labute approximate surface area is 182 Å². The van der Waals surface area contributed by atoms with Crippen LogP contribution >= 0.6 is 0 Å². The van der Waals surface area contributed by atoms with Gasteiger partial charge in [0.25, 0.3) is 0 Å². The van der Waals surface area contributed by atoms with E-state index in [-0.39, 0.29) is 11.6 Å². The number of nitrogens with zero attached hydrogens (tertiary/aromatic N) is 4. The summed E-state index contributed by atoms with van der Waals surface area (Å²) in [5.41, 5.74) is 2.51. The number of ether oxygens (including phenoxy) is 1. The Morgan fingerprint density at radius 1 is 0.906 bits per heavy atom. The van der Waals surface area contributed by atoms with Gasteiger partial charge in [0.1, 0.15) is 11.6 Å². The SMILES string of the molecule is COc1ccc(Nc2nc(-c3ccc(F)cc3)nc3c2cnn3-c2ccccc2)cc1F. The first-order valence-corrected chi connectivity index (χ1v) is 9.80. The van der Waals surface area contributed by atoms with Gasteiger partial charge < -0.3 is 10.1 Å². The third kappa shape index (κ3) is 3.62. The Bertz CT molecular complexity index is 1400. The van der Waals surface area contributed by atoms with E-state index in [9.17, 15) is 8.78 Å². The number of nitrogens with one attached hydrogen (secondary N) is 1. The van der Waals surface area contributed by atoms with Gasteiger partial charge in [0, 0.05) is 17.3 Å². The van der Waals surface area contributed by atoms with Gasteiger partial charge in [0.15, 0.2) is 23.0 Å². The number of halogens is 2. The Morgan fingerprint density at radius 2 is 1.69 bits per heavy atom. The molecule has 0 fully saturated rings. The topological polar surface area (TPSA) is 64.9 Å². The lowest BCUT2D eigenvalue weighted by atomic mass is 10.2. The highest BCUT2D eigenvalue weighted by Crippen LogP contribution is 2.30. The Balaban J connectivity index is 1.67. The zero-order valence-corrected chi connectivity index (χ0v) is 17.0. The number of methoxy groups -OCH3 is 1. The van der Waals surface area contributed by atoms with E-state index in [2.05, 4.69) is 15.4 Å². The first kappa shape index (κ1) is 19.6. The van der Waals surface area contributed by atoms with E-state index in [4.69, 9.17) is 9.72 Å². The number of aromatic nitrogens is 4. The molecule has 5 rings (SSSR count). The smallest absolute Gasteiger partial charge is 0.169 e. The van der Waals surface area contributed by atoms with E-state index in [1.165, 1.54) is 31.4 Å². The normalized spacial score (nSPS) is 11.0. The van der Waals surface area contributed by atoms with Gasteiger partial charge in [-0.1, -0.05) is 18.2 Å². The maximum Gasteiger partial charge on any atom is 0.169 e. The van der Waals surface area contributed by atoms with Crippen molar-refractivity contribution in [1.82, 2.24) is 19.7 Å². The fourth-order valence-corrected chi connectivity index (χ4v) is 3.37. The molecule has 2 heterocycles. The Morgan fingerprint density at radius 3 is 2.41 bits per heavy atom. The lowest BCUT2D eigenvalue weighted by molar-refractivity contribution is 0.386. The number of benzene rings is 3. The third-order valence-electron chi connectivity index (χ3n) is 4.95. The third-order valence-corrected chi connectivity index (χ3v) is 4.95. The lowest BCUT2D eigenvalue weighted by Crippen LogP contribution is -2.02. The summed E-state index contributed by atoms with van der Waals surface area (Å²) in [6, 6.07) is 20.0. The molecule has 0 saturated heterocycles. The van der Waals surface area contributed by atoms with Crippen molar-refractivity contribution < 1.29 is 13.5 Å². The summed E-state index contributed by atoms with van der Waals surface area (Å²) in [4.78, 5) is 9.32. The van der Waals surface area contributed by atoms with Crippen LogP contribution in [-0.4, -0.2) is 26.9 Å². The van der Waals surface area contributed by atoms with Crippen molar-refractivity contribution in [3.8, 4) is 22.8 Å². The number of para-hydroxylation sites is 1. The monoisotopic (exact) mass is 429 g/mol. The summed E-state index contributed by atoms with van der Waals surface area (Å²) in [6.45, 7) is 0. The van der Waals surface area contributed by atoms with Crippen LogP contribution in [-0.2, 0) is 0 Å². The zero-order chi connectivity index (χ0) is 22.1. The van der Waals surface area contributed by atoms with Gasteiger partial charge in [-0.05, 0) is 48.5 Å². The second kappa shape index (κ2) is 8.07. The molecule has 5 aromatic rings. The van der Waals surface area contributed by atoms with Crippen molar-refractivity contribution >= 4 is 22.5 Å². The molecule has 2 aromatic heterocycles. The second-order valence-electron chi connectivity index (χ2n) is 7.01. The molecule has 0 saturated carbocycles. The lowest BCUT2D eigenvalue weighted by Gasteiger charge is -2.11. The fraction of sp³-hybridized carbons (Fsp3) is 0.0417. The van der Waals surface area contributed by atoms with E-state index in [1.54, 1.807) is 29.1 Å². The van der Waals surface area contributed by atoms with Crippen molar-refractivity contribution in [2.24, 2.45) is 0 Å². The number of fused-ring (bicyclic) bond motifs is 1. The largest absolute Gasteiger partial charge is 0.494 e. The molecule has 0 atom stereocenters. The first-order valence-electron chi connectivity index (χ1n) is 9.80. The van der Waals surface area contributed by atoms with Crippen LogP contribution in [0.25, 0.3) is 28.1 Å². The van der Waals surface area contributed by atoms with E-state index in [0.29, 0.717) is 33.9 Å². The van der Waals surface area contributed by atoms with Gasteiger partial charge in [-0.15, -0.1) is 0 Å². The van der Waals surface area contributed by atoms with Crippen molar-refractivity contribution in [1.29, 1.82) is 0 Å². The summed E-state index contributed by atoms with van der Waals surface area (Å²) in [5.74, 6) is 0.123. The van der Waals surface area contributed by atoms with Crippen molar-refractivity contribution in [3.63, 3.8) is 0 Å². The van der Waals surface area contributed by atoms with Crippen molar-refractivity contribution in [3.05, 3.63) is 90.6 Å². The van der Waals surface area contributed by atoms with Crippen LogP contribution in [0.5, 0.6) is 5.75 Å². The van der Waals surface area contributed by atoms with Gasteiger partial charge >= 0.3 is 0 Å². The van der Waals surface area contributed by atoms with Crippen LogP contribution in [0.2, 0.25) is 0 Å². The minimum absolute atomic E-state index is 0.146. The molecule has 0 aliphatic rings. The molecule has 0 aliphatic heterocycles. The second-order valence-corrected chi connectivity index (χ2v) is 7.01. The Kier molecular flexibility index (Phi) is 4.95. The molecule has 158 valence electrons. The van der Waals surface area contributed by atoms with Gasteiger partial charge in [-0.3, -0.25) is 0 Å². The van der Waals surface area contributed by atoms with E-state index in [0.717, 1.165) is 5.69 Å². The number of anilines is 2. The highest BCUT2D eigenvalue weighted by atomic mass is 19.1. The molecule has 0 spiro atoms. The Hall–Kier alpha value is -4.33. The summed E-state index contributed by atoms with van der Waals surface area (Å²) in [7, 11) is 1.41. The van der Waals surface area contributed by atoms with Crippen LogP contribution in [0.15, 0.2) is 79.0 Å². The number of hydrogen-bond donors (Lipinski definition) is 1. The molecular weight excluding hydrogens is 412 g/mol. The van der Waals surface area contributed by atoms with Crippen LogP contribution < -0.4 is 10.1 Å². The maximum atomic E-state index is 14.2. The molecule has 0 radical (unpaired) electrons. The maximum absolute atomic E-state index is 14.2. The molecule has 8 heteroatoms. The first-order chi connectivity index (χ1) is 15.6. The fourth-order valence-electron chi connectivity index (χ4n) is 3.37. The predicted octanol–water partition coefficient (Wildman–Crippen LogP) is 5.51. The summed E-state index contributed by atoms with van der Waals surface area (Å²) in [5, 5.41) is 8.28. The van der Waals surface area contributed by atoms with Gasteiger partial charge in [0.05, 0.1) is 24.4 Å². The zero-order valence-electron chi connectivity index (χ0n) is 17.0. The minimum Gasteiger partial charge on any atom is -0.494 e. The highest BCUT2D eigenvalue weighted by molar-refractivity contribution is 5.91. The van der Waals surface area contributed by atoms with Gasteiger partial charge in [0.2, 0.25) is 0 Å². The molecule has 0 amide bonds. The molecule has 3 aromatic carbocycles. The highest BCUT2D eigenvalue weighted by Gasteiger charge is 2.16. The van der Waals surface area contributed by atoms with Crippen LogP contribution in [0.3, 0.4) is 0 Å². The average Bonchev–Trinajstić information content (AvgIpc) is 3.25. The molecule has 1 N–H and O–H groups in total. The van der Waals surface area contributed by atoms with Crippen LogP contribution in [0, 0.1) is 11.6 Å². The van der Waals surface area contributed by atoms with Crippen molar-refractivity contribution in [2.75, 3.05) is 12.4 Å². The summed E-state index contributed by atoms with van der Waals surface area (Å²) in [6.07, 6.45) is 1.65. The summed E-state index contributed by atoms with van der Waals surface area (Å²) >= 11 is 0. The van der Waals surface area contributed by atoms with E-state index >= 15 is 0 Å². The quantitative estimate of drug-likeness (QED) is 0.399. The molecule has 32 heavy (non-hydrogen) atoms. The molecule has 6 nitrogen and oxygen atoms in total. The summed E-state index contributed by atoms with van der Waals surface area (Å²) < 4.78 is 34.4. The number of hydrogen-bond acceptors (Lipinski definition) is 5. The number of rotatable bonds is 5. The minimum atomic E-state index is -0.499. The van der Waals surface area contributed by atoms with E-state index < -0.39 is 5.82 Å². The molecular formula is C24H17F2N5O. The average molecular weight is 429 g/mol. The van der Waals surface area contributed by atoms with Gasteiger partial charge in [-0.25, -0.2) is 23.4 Å². The van der Waals surface area contributed by atoms with Crippen molar-refractivity contribution in [2.45, 2.75) is 0 Å². The molecule has 0 bridgehead atoms. The van der Waals surface area contributed by atoms with Crippen LogP contribution in [0.4, 0.5) is 20.3 Å².